The third-order valence-corrected chi connectivity index (χ3v) is 2.67. The molecule has 4 heteroatoms. The van der Waals surface area contributed by atoms with Gasteiger partial charge in [0.15, 0.2) is 0 Å². The fraction of sp³-hybridized carbons (Fsp3) is 0.143. The SMILES string of the molecule is Cc1ccncc1C(C#N)Nc1ccc(F)cc1. The van der Waals surface area contributed by atoms with Gasteiger partial charge in [-0.2, -0.15) is 5.26 Å². The summed E-state index contributed by atoms with van der Waals surface area (Å²) < 4.78 is 12.8. The number of benzene rings is 1. The van der Waals surface area contributed by atoms with E-state index in [2.05, 4.69) is 16.4 Å². The highest BCUT2D eigenvalue weighted by molar-refractivity contribution is 5.48. The van der Waals surface area contributed by atoms with Crippen molar-refractivity contribution in [1.29, 1.82) is 5.26 Å². The normalized spacial score (nSPS) is 11.6. The average molecular weight is 241 g/mol. The zero-order chi connectivity index (χ0) is 13.0. The molecule has 2 rings (SSSR count). The molecule has 0 radical (unpaired) electrons. The molecule has 0 saturated heterocycles. The number of halogens is 1. The van der Waals surface area contributed by atoms with Crippen LogP contribution >= 0.6 is 0 Å². The summed E-state index contributed by atoms with van der Waals surface area (Å²) in [7, 11) is 0. The fourth-order valence-corrected chi connectivity index (χ4v) is 1.67. The lowest BCUT2D eigenvalue weighted by Crippen LogP contribution is -2.10. The number of rotatable bonds is 3. The fourth-order valence-electron chi connectivity index (χ4n) is 1.67. The Morgan fingerprint density at radius 3 is 2.61 bits per heavy atom. The second kappa shape index (κ2) is 5.28. The molecule has 1 heterocycles. The van der Waals surface area contributed by atoms with Crippen molar-refractivity contribution >= 4 is 5.69 Å². The van der Waals surface area contributed by atoms with E-state index in [0.29, 0.717) is 5.69 Å². The van der Waals surface area contributed by atoms with Gasteiger partial charge < -0.3 is 5.32 Å². The summed E-state index contributed by atoms with van der Waals surface area (Å²) in [4.78, 5) is 4.02. The first-order chi connectivity index (χ1) is 8.70. The summed E-state index contributed by atoms with van der Waals surface area (Å²) >= 11 is 0. The number of nitrogens with zero attached hydrogens (tertiary/aromatic N) is 2. The third-order valence-electron chi connectivity index (χ3n) is 2.67. The molecule has 3 nitrogen and oxygen atoms in total. The molecule has 0 aliphatic rings. The van der Waals surface area contributed by atoms with E-state index >= 15 is 0 Å². The maximum atomic E-state index is 12.8. The number of aromatic nitrogens is 1. The van der Waals surface area contributed by atoms with Gasteiger partial charge in [-0.1, -0.05) is 0 Å². The van der Waals surface area contributed by atoms with Gasteiger partial charge in [0.2, 0.25) is 0 Å². The molecule has 1 aromatic heterocycles. The molecule has 0 fully saturated rings. The van der Waals surface area contributed by atoms with E-state index in [1.54, 1.807) is 24.5 Å². The molecule has 0 bridgehead atoms. The Morgan fingerprint density at radius 1 is 1.28 bits per heavy atom. The van der Waals surface area contributed by atoms with Gasteiger partial charge in [0.05, 0.1) is 6.07 Å². The molecule has 1 aromatic carbocycles. The number of hydrogen-bond donors (Lipinski definition) is 1. The minimum absolute atomic E-state index is 0.299. The van der Waals surface area contributed by atoms with Crippen LogP contribution in [0.2, 0.25) is 0 Å². The van der Waals surface area contributed by atoms with E-state index in [1.807, 2.05) is 13.0 Å². The van der Waals surface area contributed by atoms with Crippen molar-refractivity contribution in [2.24, 2.45) is 0 Å². The van der Waals surface area contributed by atoms with Crippen LogP contribution in [0.3, 0.4) is 0 Å². The van der Waals surface area contributed by atoms with Gasteiger partial charge in [-0.25, -0.2) is 4.39 Å². The molecule has 0 spiro atoms. The lowest BCUT2D eigenvalue weighted by molar-refractivity contribution is 0.628. The van der Waals surface area contributed by atoms with Crippen LogP contribution in [0.15, 0.2) is 42.7 Å². The van der Waals surface area contributed by atoms with Gasteiger partial charge in [0.1, 0.15) is 11.9 Å². The molecule has 1 N–H and O–H groups in total. The van der Waals surface area contributed by atoms with E-state index in [4.69, 9.17) is 0 Å². The Bertz CT molecular complexity index is 572. The lowest BCUT2D eigenvalue weighted by Gasteiger charge is -2.14. The van der Waals surface area contributed by atoms with Crippen molar-refractivity contribution in [3.8, 4) is 6.07 Å². The van der Waals surface area contributed by atoms with Gasteiger partial charge in [0.25, 0.3) is 0 Å². The number of anilines is 1. The van der Waals surface area contributed by atoms with Gasteiger partial charge in [-0.3, -0.25) is 4.98 Å². The predicted molar refractivity (Wildman–Crippen MR) is 67.4 cm³/mol. The molecule has 2 aromatic rings. The summed E-state index contributed by atoms with van der Waals surface area (Å²) in [6.45, 7) is 1.92. The third kappa shape index (κ3) is 2.64. The zero-order valence-corrected chi connectivity index (χ0v) is 9.89. The second-order valence-electron chi connectivity index (χ2n) is 3.95. The van der Waals surface area contributed by atoms with Gasteiger partial charge in [0, 0.05) is 23.6 Å². The van der Waals surface area contributed by atoms with Crippen molar-refractivity contribution < 1.29 is 4.39 Å². The number of nitriles is 1. The highest BCUT2D eigenvalue weighted by Crippen LogP contribution is 2.21. The minimum atomic E-state index is -0.496. The Balaban J connectivity index is 2.23. The molecular formula is C14H12FN3. The Hall–Kier alpha value is -2.41. The average Bonchev–Trinajstić information content (AvgIpc) is 2.39. The van der Waals surface area contributed by atoms with Gasteiger partial charge in [-0.15, -0.1) is 0 Å². The van der Waals surface area contributed by atoms with Gasteiger partial charge in [-0.05, 0) is 42.8 Å². The largest absolute Gasteiger partial charge is 0.366 e. The highest BCUT2D eigenvalue weighted by Gasteiger charge is 2.12. The molecule has 0 aliphatic carbocycles. The molecule has 0 saturated carbocycles. The monoisotopic (exact) mass is 241 g/mol. The van der Waals surface area contributed by atoms with Crippen molar-refractivity contribution in [2.45, 2.75) is 13.0 Å². The number of hydrogen-bond acceptors (Lipinski definition) is 3. The smallest absolute Gasteiger partial charge is 0.142 e. The molecule has 18 heavy (non-hydrogen) atoms. The first-order valence-corrected chi connectivity index (χ1v) is 5.53. The topological polar surface area (TPSA) is 48.7 Å². The molecule has 0 amide bonds. The summed E-state index contributed by atoms with van der Waals surface area (Å²) in [5.74, 6) is -0.299. The van der Waals surface area contributed by atoms with Gasteiger partial charge >= 0.3 is 0 Å². The number of nitrogens with one attached hydrogen (secondary N) is 1. The van der Waals surface area contributed by atoms with E-state index in [1.165, 1.54) is 12.1 Å². The minimum Gasteiger partial charge on any atom is -0.366 e. The lowest BCUT2D eigenvalue weighted by atomic mass is 10.0. The number of aryl methyl sites for hydroxylation is 1. The van der Waals surface area contributed by atoms with Crippen LogP contribution in [0, 0.1) is 24.1 Å². The summed E-state index contributed by atoms with van der Waals surface area (Å²) in [6.07, 6.45) is 3.35. The van der Waals surface area contributed by atoms with Crippen LogP contribution in [-0.4, -0.2) is 4.98 Å². The second-order valence-corrected chi connectivity index (χ2v) is 3.95. The standard InChI is InChI=1S/C14H12FN3/c1-10-6-7-17-9-13(10)14(8-16)18-12-4-2-11(15)3-5-12/h2-7,9,14,18H,1H3. The maximum Gasteiger partial charge on any atom is 0.142 e. The van der Waals surface area contributed by atoms with Crippen LogP contribution < -0.4 is 5.32 Å². The summed E-state index contributed by atoms with van der Waals surface area (Å²) in [5.41, 5.74) is 2.52. The molecule has 90 valence electrons. The van der Waals surface area contributed by atoms with Crippen molar-refractivity contribution in [3.05, 3.63) is 59.7 Å². The van der Waals surface area contributed by atoms with Crippen LogP contribution in [0.25, 0.3) is 0 Å². The predicted octanol–water partition coefficient (Wildman–Crippen LogP) is 3.21. The van der Waals surface area contributed by atoms with Crippen molar-refractivity contribution in [2.75, 3.05) is 5.32 Å². The highest BCUT2D eigenvalue weighted by atomic mass is 19.1. The molecule has 1 unspecified atom stereocenters. The molecule has 1 atom stereocenters. The first kappa shape index (κ1) is 12.1. The summed E-state index contributed by atoms with van der Waals surface area (Å²) in [5, 5.41) is 12.3. The van der Waals surface area contributed by atoms with Crippen molar-refractivity contribution in [1.82, 2.24) is 4.98 Å². The van der Waals surface area contributed by atoms with E-state index in [9.17, 15) is 9.65 Å². The van der Waals surface area contributed by atoms with Crippen LogP contribution in [0.1, 0.15) is 17.2 Å². The summed E-state index contributed by atoms with van der Waals surface area (Å²) in [6, 6.07) is 9.45. The number of pyridine rings is 1. The maximum absolute atomic E-state index is 12.8. The first-order valence-electron chi connectivity index (χ1n) is 5.53. The molecule has 0 aliphatic heterocycles. The molecular weight excluding hydrogens is 229 g/mol. The van der Waals surface area contributed by atoms with E-state index in [-0.39, 0.29) is 5.82 Å². The Labute approximate surface area is 105 Å². The van der Waals surface area contributed by atoms with E-state index < -0.39 is 6.04 Å². The van der Waals surface area contributed by atoms with Crippen LogP contribution in [0.5, 0.6) is 0 Å². The zero-order valence-electron chi connectivity index (χ0n) is 9.89. The van der Waals surface area contributed by atoms with Crippen LogP contribution in [-0.2, 0) is 0 Å². The van der Waals surface area contributed by atoms with E-state index in [0.717, 1.165) is 11.1 Å². The quantitative estimate of drug-likeness (QED) is 0.897. The van der Waals surface area contributed by atoms with Crippen LogP contribution in [0.4, 0.5) is 10.1 Å². The Kier molecular flexibility index (Phi) is 3.54. The Morgan fingerprint density at radius 2 is 2.00 bits per heavy atom. The van der Waals surface area contributed by atoms with Crippen molar-refractivity contribution in [3.63, 3.8) is 0 Å².